The average Bonchev–Trinajstić information content (AvgIpc) is 2.14. The van der Waals surface area contributed by atoms with Gasteiger partial charge in [-0.25, -0.2) is 0 Å². The van der Waals surface area contributed by atoms with Crippen molar-refractivity contribution in [3.8, 4) is 0 Å². The minimum Gasteiger partial charge on any atom is -0.267 e. The minimum atomic E-state index is 0.542. The van der Waals surface area contributed by atoms with Crippen molar-refractivity contribution in [2.45, 2.75) is 0 Å². The number of H-pyrrole nitrogens is 1. The smallest absolute Gasteiger partial charge is 0.131 e. The van der Waals surface area contributed by atoms with E-state index in [1.165, 1.54) is 0 Å². The normalized spacial score (nSPS) is 9.12. The second-order valence-electron chi connectivity index (χ2n) is 1.34. The Morgan fingerprint density at radius 2 is 2.62 bits per heavy atom. The van der Waals surface area contributed by atoms with E-state index in [-0.39, 0.29) is 0 Å². The van der Waals surface area contributed by atoms with Crippen molar-refractivity contribution in [3.63, 3.8) is 0 Å². The number of aromatic nitrogens is 2. The lowest BCUT2D eigenvalue weighted by atomic mass is 10.4. The Balaban J connectivity index is 3.09. The van der Waals surface area contributed by atoms with Gasteiger partial charge in [0.15, 0.2) is 0 Å². The Hall–Kier alpha value is -0.760. The average molecular weight is 129 g/mol. The van der Waals surface area contributed by atoms with E-state index >= 15 is 0 Å². The number of hydrogen-bond acceptors (Lipinski definition) is 1. The van der Waals surface area contributed by atoms with E-state index in [1.54, 1.807) is 12.3 Å². The summed E-state index contributed by atoms with van der Waals surface area (Å²) in [6, 6.07) is 0. The molecule has 0 spiro atoms. The fraction of sp³-hybridized carbons (Fsp3) is 0. The summed E-state index contributed by atoms with van der Waals surface area (Å²) in [4.78, 5) is 0. The number of halogens is 1. The maximum atomic E-state index is 5.55. The lowest BCUT2D eigenvalue weighted by Gasteiger charge is -1.78. The lowest BCUT2D eigenvalue weighted by molar-refractivity contribution is 1.09. The van der Waals surface area contributed by atoms with Crippen LogP contribution in [0.3, 0.4) is 0 Å². The second kappa shape index (κ2) is 2.01. The van der Waals surface area contributed by atoms with Gasteiger partial charge in [0.1, 0.15) is 5.15 Å². The van der Waals surface area contributed by atoms with Crippen LogP contribution in [0.2, 0.25) is 5.15 Å². The Labute approximate surface area is 52.2 Å². The van der Waals surface area contributed by atoms with E-state index in [2.05, 4.69) is 16.8 Å². The van der Waals surface area contributed by atoms with Gasteiger partial charge in [-0.05, 0) is 0 Å². The standard InChI is InChI=1S/C5H5ClN2/c1-2-4-3-7-8-5(4)6/h2-3H,1H2,(H,7,8). The molecule has 2 nitrogen and oxygen atoms in total. The van der Waals surface area contributed by atoms with Crippen LogP contribution in [-0.4, -0.2) is 10.2 Å². The van der Waals surface area contributed by atoms with E-state index in [9.17, 15) is 0 Å². The SMILES string of the molecule is C=Cc1cn[nH]c1Cl. The van der Waals surface area contributed by atoms with Gasteiger partial charge in [0.05, 0.1) is 6.20 Å². The van der Waals surface area contributed by atoms with Gasteiger partial charge < -0.3 is 0 Å². The predicted octanol–water partition coefficient (Wildman–Crippen LogP) is 1.71. The summed E-state index contributed by atoms with van der Waals surface area (Å²) in [6.45, 7) is 3.52. The zero-order valence-electron chi connectivity index (χ0n) is 4.19. The Kier molecular flexibility index (Phi) is 1.35. The third-order valence-electron chi connectivity index (χ3n) is 0.840. The molecule has 0 bridgehead atoms. The molecule has 0 saturated carbocycles. The van der Waals surface area contributed by atoms with Crippen LogP contribution in [0.1, 0.15) is 5.56 Å². The molecule has 0 aliphatic rings. The van der Waals surface area contributed by atoms with Crippen LogP contribution in [0.5, 0.6) is 0 Å². The molecule has 3 heteroatoms. The van der Waals surface area contributed by atoms with Crippen molar-refractivity contribution in [3.05, 3.63) is 23.5 Å². The van der Waals surface area contributed by atoms with Crippen LogP contribution >= 0.6 is 11.6 Å². The van der Waals surface area contributed by atoms with E-state index in [0.717, 1.165) is 5.56 Å². The fourth-order valence-electron chi connectivity index (χ4n) is 0.422. The molecule has 0 aliphatic carbocycles. The van der Waals surface area contributed by atoms with Gasteiger partial charge in [-0.3, -0.25) is 5.10 Å². The molecule has 8 heavy (non-hydrogen) atoms. The molecule has 0 unspecified atom stereocenters. The van der Waals surface area contributed by atoms with Gasteiger partial charge in [0.25, 0.3) is 0 Å². The lowest BCUT2D eigenvalue weighted by Crippen LogP contribution is -1.62. The molecule has 1 aromatic heterocycles. The summed E-state index contributed by atoms with van der Waals surface area (Å²) >= 11 is 5.55. The molecule has 42 valence electrons. The number of hydrogen-bond donors (Lipinski definition) is 1. The van der Waals surface area contributed by atoms with Gasteiger partial charge in [-0.2, -0.15) is 5.10 Å². The van der Waals surface area contributed by atoms with Gasteiger partial charge in [-0.1, -0.05) is 24.3 Å². The molecule has 1 N–H and O–H groups in total. The summed E-state index contributed by atoms with van der Waals surface area (Å²) in [5.74, 6) is 0. The van der Waals surface area contributed by atoms with Gasteiger partial charge in [0.2, 0.25) is 0 Å². The summed E-state index contributed by atoms with van der Waals surface area (Å²) in [7, 11) is 0. The molecule has 0 aliphatic heterocycles. The quantitative estimate of drug-likeness (QED) is 0.613. The monoisotopic (exact) mass is 128 g/mol. The first-order valence-corrected chi connectivity index (χ1v) is 2.53. The highest BCUT2D eigenvalue weighted by Crippen LogP contribution is 2.10. The van der Waals surface area contributed by atoms with Gasteiger partial charge >= 0.3 is 0 Å². The highest BCUT2D eigenvalue weighted by atomic mass is 35.5. The molecule has 0 fully saturated rings. The summed E-state index contributed by atoms with van der Waals surface area (Å²) in [6.07, 6.45) is 3.27. The van der Waals surface area contributed by atoms with Crippen molar-refractivity contribution < 1.29 is 0 Å². The van der Waals surface area contributed by atoms with Crippen molar-refractivity contribution in [1.82, 2.24) is 10.2 Å². The van der Waals surface area contributed by atoms with Crippen LogP contribution in [0.25, 0.3) is 6.08 Å². The van der Waals surface area contributed by atoms with Gasteiger partial charge in [-0.15, -0.1) is 0 Å². The van der Waals surface area contributed by atoms with E-state index in [0.29, 0.717) is 5.15 Å². The highest BCUT2D eigenvalue weighted by Gasteiger charge is 1.93. The summed E-state index contributed by atoms with van der Waals surface area (Å²) in [5, 5.41) is 6.77. The van der Waals surface area contributed by atoms with E-state index in [1.807, 2.05) is 0 Å². The largest absolute Gasteiger partial charge is 0.267 e. The first-order valence-electron chi connectivity index (χ1n) is 2.16. The molecule has 0 amide bonds. The highest BCUT2D eigenvalue weighted by molar-refractivity contribution is 6.30. The number of nitrogens with zero attached hydrogens (tertiary/aromatic N) is 1. The predicted molar refractivity (Wildman–Crippen MR) is 33.7 cm³/mol. The summed E-state index contributed by atoms with van der Waals surface area (Å²) < 4.78 is 0. The topological polar surface area (TPSA) is 28.7 Å². The van der Waals surface area contributed by atoms with Crippen LogP contribution in [0.15, 0.2) is 12.8 Å². The molecular weight excluding hydrogens is 124 g/mol. The van der Waals surface area contributed by atoms with Crippen molar-refractivity contribution in [1.29, 1.82) is 0 Å². The zero-order valence-corrected chi connectivity index (χ0v) is 4.94. The van der Waals surface area contributed by atoms with Gasteiger partial charge in [0, 0.05) is 5.56 Å². The molecule has 1 heterocycles. The van der Waals surface area contributed by atoms with Crippen LogP contribution in [0, 0.1) is 0 Å². The molecular formula is C5H5ClN2. The molecule has 1 aromatic rings. The molecule has 1 rings (SSSR count). The maximum Gasteiger partial charge on any atom is 0.131 e. The Morgan fingerprint density at radius 1 is 1.88 bits per heavy atom. The third-order valence-corrected chi connectivity index (χ3v) is 1.14. The zero-order chi connectivity index (χ0) is 5.98. The molecule has 0 atom stereocenters. The molecule has 0 aromatic carbocycles. The Morgan fingerprint density at radius 3 is 2.88 bits per heavy atom. The first kappa shape index (κ1) is 5.38. The third kappa shape index (κ3) is 0.746. The van der Waals surface area contributed by atoms with Crippen LogP contribution < -0.4 is 0 Å². The van der Waals surface area contributed by atoms with E-state index < -0.39 is 0 Å². The maximum absolute atomic E-state index is 5.55. The van der Waals surface area contributed by atoms with Crippen LogP contribution in [-0.2, 0) is 0 Å². The first-order chi connectivity index (χ1) is 3.84. The van der Waals surface area contributed by atoms with Crippen LogP contribution in [0.4, 0.5) is 0 Å². The van der Waals surface area contributed by atoms with Crippen molar-refractivity contribution >= 4 is 17.7 Å². The van der Waals surface area contributed by atoms with E-state index in [4.69, 9.17) is 11.6 Å². The summed E-state index contributed by atoms with van der Waals surface area (Å²) in [5.41, 5.74) is 0.840. The minimum absolute atomic E-state index is 0.542. The number of nitrogens with one attached hydrogen (secondary N) is 1. The molecule has 0 saturated heterocycles. The Bertz CT molecular complexity index is 192. The second-order valence-corrected chi connectivity index (χ2v) is 1.72. The number of aromatic amines is 1. The molecule has 0 radical (unpaired) electrons. The van der Waals surface area contributed by atoms with Crippen molar-refractivity contribution in [2.75, 3.05) is 0 Å². The van der Waals surface area contributed by atoms with Crippen molar-refractivity contribution in [2.24, 2.45) is 0 Å². The number of rotatable bonds is 1. The fourth-order valence-corrected chi connectivity index (χ4v) is 0.597.